The van der Waals surface area contributed by atoms with E-state index >= 15 is 0 Å². The van der Waals surface area contributed by atoms with Gasteiger partial charge in [-0.05, 0) is 12.1 Å². The predicted octanol–water partition coefficient (Wildman–Crippen LogP) is 1.20. The second-order valence-electron chi connectivity index (χ2n) is 3.16. The summed E-state index contributed by atoms with van der Waals surface area (Å²) in [6, 6.07) is 1.44. The molecular formula is C8H6F2N4O2S2. The Morgan fingerprint density at radius 2 is 1.89 bits per heavy atom. The van der Waals surface area contributed by atoms with Gasteiger partial charge in [-0.3, -0.25) is 4.72 Å². The van der Waals surface area contributed by atoms with E-state index in [1.54, 1.807) is 0 Å². The molecule has 1 heterocycles. The molecule has 0 aliphatic carbocycles. The molecule has 1 aromatic carbocycles. The van der Waals surface area contributed by atoms with Gasteiger partial charge in [0.1, 0.15) is 17.1 Å². The Labute approximate surface area is 105 Å². The molecule has 0 amide bonds. The van der Waals surface area contributed by atoms with E-state index in [0.29, 0.717) is 0 Å². The van der Waals surface area contributed by atoms with E-state index in [1.807, 2.05) is 4.72 Å². The maximum atomic E-state index is 13.5. The lowest BCUT2D eigenvalue weighted by Crippen LogP contribution is -2.16. The van der Waals surface area contributed by atoms with Crippen LogP contribution in [0.4, 0.5) is 19.6 Å². The Morgan fingerprint density at radius 3 is 2.39 bits per heavy atom. The number of nitrogens with one attached hydrogen (secondary N) is 1. The van der Waals surface area contributed by atoms with Crippen molar-refractivity contribution in [3.05, 3.63) is 29.3 Å². The van der Waals surface area contributed by atoms with Crippen molar-refractivity contribution in [2.24, 2.45) is 0 Å². The van der Waals surface area contributed by atoms with Crippen molar-refractivity contribution >= 4 is 32.2 Å². The van der Waals surface area contributed by atoms with Crippen LogP contribution in [-0.2, 0) is 10.0 Å². The normalized spacial score (nSPS) is 11.4. The zero-order chi connectivity index (χ0) is 13.3. The van der Waals surface area contributed by atoms with Gasteiger partial charge in [-0.1, -0.05) is 11.3 Å². The molecule has 6 nitrogen and oxygen atoms in total. The molecule has 2 aromatic rings. The first kappa shape index (κ1) is 12.6. The van der Waals surface area contributed by atoms with Crippen molar-refractivity contribution in [1.29, 1.82) is 0 Å². The molecule has 0 aliphatic rings. The summed E-state index contributed by atoms with van der Waals surface area (Å²) < 4.78 is 52.4. The molecule has 0 spiro atoms. The van der Waals surface area contributed by atoms with Gasteiger partial charge in [0.25, 0.3) is 10.0 Å². The molecule has 0 radical (unpaired) electrons. The predicted molar refractivity (Wildman–Crippen MR) is 61.5 cm³/mol. The van der Waals surface area contributed by atoms with E-state index in [9.17, 15) is 17.2 Å². The summed E-state index contributed by atoms with van der Waals surface area (Å²) in [7, 11) is -4.41. The second-order valence-corrected chi connectivity index (χ2v) is 5.62. The highest BCUT2D eigenvalue weighted by Gasteiger charge is 2.25. The minimum atomic E-state index is -4.41. The quantitative estimate of drug-likeness (QED) is 0.828. The Balaban J connectivity index is 2.48. The standard InChI is InChI=1S/C8H6F2N4O2S2/c9-5-1-4(11)2-6(10)7(5)18(15,16)14-8-13-12-3-17-8/h1-3H,11H2,(H,13,14). The first-order valence-corrected chi connectivity index (χ1v) is 6.80. The van der Waals surface area contributed by atoms with Gasteiger partial charge in [-0.25, -0.2) is 17.2 Å². The van der Waals surface area contributed by atoms with E-state index < -0.39 is 26.6 Å². The summed E-state index contributed by atoms with van der Waals surface area (Å²) in [4.78, 5) is -1.10. The summed E-state index contributed by atoms with van der Waals surface area (Å²) in [5.74, 6) is -2.55. The third-order valence-corrected chi connectivity index (χ3v) is 4.00. The number of halogens is 2. The second kappa shape index (κ2) is 4.46. The molecule has 0 atom stereocenters. The van der Waals surface area contributed by atoms with Gasteiger partial charge < -0.3 is 5.73 Å². The fourth-order valence-electron chi connectivity index (χ4n) is 1.22. The van der Waals surface area contributed by atoms with Crippen LogP contribution < -0.4 is 10.5 Å². The lowest BCUT2D eigenvalue weighted by atomic mass is 10.3. The summed E-state index contributed by atoms with van der Waals surface area (Å²) in [5.41, 5.74) is 6.26. The number of nitrogen functional groups attached to an aromatic ring is 1. The van der Waals surface area contributed by atoms with Gasteiger partial charge in [0.15, 0.2) is 4.90 Å². The maximum Gasteiger partial charge on any atom is 0.269 e. The van der Waals surface area contributed by atoms with E-state index in [-0.39, 0.29) is 10.8 Å². The molecule has 96 valence electrons. The van der Waals surface area contributed by atoms with Crippen molar-refractivity contribution in [3.63, 3.8) is 0 Å². The Bertz CT molecular complexity index is 649. The fourth-order valence-corrected chi connectivity index (χ4v) is 3.03. The molecule has 1 aromatic heterocycles. The number of sulfonamides is 1. The van der Waals surface area contributed by atoms with Crippen LogP contribution in [0.2, 0.25) is 0 Å². The minimum Gasteiger partial charge on any atom is -0.399 e. The van der Waals surface area contributed by atoms with Gasteiger partial charge in [0, 0.05) is 5.69 Å². The number of benzene rings is 1. The van der Waals surface area contributed by atoms with Crippen LogP contribution in [-0.4, -0.2) is 18.6 Å². The van der Waals surface area contributed by atoms with Crippen molar-refractivity contribution in [3.8, 4) is 0 Å². The number of aromatic nitrogens is 2. The number of hydrogen-bond acceptors (Lipinski definition) is 6. The maximum absolute atomic E-state index is 13.5. The summed E-state index contributed by atoms with van der Waals surface area (Å²) in [5, 5.41) is 6.71. The SMILES string of the molecule is Nc1cc(F)c(S(=O)(=O)Nc2nncs2)c(F)c1. The van der Waals surface area contributed by atoms with E-state index in [0.717, 1.165) is 23.5 Å². The van der Waals surface area contributed by atoms with Crippen LogP contribution in [0.15, 0.2) is 22.5 Å². The lowest BCUT2D eigenvalue weighted by molar-refractivity contribution is 0.522. The Morgan fingerprint density at radius 1 is 1.28 bits per heavy atom. The summed E-state index contributed by atoms with van der Waals surface area (Å²) >= 11 is 0.877. The highest BCUT2D eigenvalue weighted by molar-refractivity contribution is 7.93. The summed E-state index contributed by atoms with van der Waals surface area (Å²) in [6.07, 6.45) is 0. The monoisotopic (exact) mass is 292 g/mol. The lowest BCUT2D eigenvalue weighted by Gasteiger charge is -2.07. The molecule has 2 rings (SSSR count). The summed E-state index contributed by atoms with van der Waals surface area (Å²) in [6.45, 7) is 0. The Hall–Kier alpha value is -1.81. The third-order valence-electron chi connectivity index (χ3n) is 1.87. The van der Waals surface area contributed by atoms with Crippen molar-refractivity contribution < 1.29 is 17.2 Å². The molecule has 0 aliphatic heterocycles. The molecule has 0 saturated heterocycles. The van der Waals surface area contributed by atoms with Crippen molar-refractivity contribution in [2.75, 3.05) is 10.5 Å². The number of anilines is 2. The average molecular weight is 292 g/mol. The van der Waals surface area contributed by atoms with Crippen LogP contribution in [0.25, 0.3) is 0 Å². The molecular weight excluding hydrogens is 286 g/mol. The van der Waals surface area contributed by atoms with Crippen LogP contribution in [0.5, 0.6) is 0 Å². The number of hydrogen-bond donors (Lipinski definition) is 2. The minimum absolute atomic E-state index is 0.0920. The third kappa shape index (κ3) is 2.38. The number of rotatable bonds is 3. The fraction of sp³-hybridized carbons (Fsp3) is 0. The smallest absolute Gasteiger partial charge is 0.269 e. The van der Waals surface area contributed by atoms with Gasteiger partial charge in [0.05, 0.1) is 0 Å². The van der Waals surface area contributed by atoms with Gasteiger partial charge in [0.2, 0.25) is 5.13 Å². The van der Waals surface area contributed by atoms with Crippen molar-refractivity contribution in [1.82, 2.24) is 10.2 Å². The van der Waals surface area contributed by atoms with Crippen LogP contribution in [0.1, 0.15) is 0 Å². The Kier molecular flexibility index (Phi) is 3.13. The highest BCUT2D eigenvalue weighted by atomic mass is 32.2. The van der Waals surface area contributed by atoms with E-state index in [2.05, 4.69) is 10.2 Å². The first-order chi connectivity index (χ1) is 8.40. The molecule has 0 saturated carbocycles. The van der Waals surface area contributed by atoms with Crippen LogP contribution in [0.3, 0.4) is 0 Å². The molecule has 0 fully saturated rings. The van der Waals surface area contributed by atoms with Crippen LogP contribution >= 0.6 is 11.3 Å². The molecule has 18 heavy (non-hydrogen) atoms. The molecule has 0 unspecified atom stereocenters. The highest BCUT2D eigenvalue weighted by Crippen LogP contribution is 2.24. The van der Waals surface area contributed by atoms with Gasteiger partial charge in [-0.2, -0.15) is 0 Å². The van der Waals surface area contributed by atoms with Crippen molar-refractivity contribution in [2.45, 2.75) is 4.90 Å². The first-order valence-electron chi connectivity index (χ1n) is 4.43. The zero-order valence-corrected chi connectivity index (χ0v) is 10.2. The van der Waals surface area contributed by atoms with Gasteiger partial charge >= 0.3 is 0 Å². The number of nitrogens with two attached hydrogens (primary N) is 1. The van der Waals surface area contributed by atoms with E-state index in [4.69, 9.17) is 5.73 Å². The molecule has 0 bridgehead atoms. The zero-order valence-electron chi connectivity index (χ0n) is 8.59. The average Bonchev–Trinajstić information content (AvgIpc) is 2.66. The number of nitrogens with zero attached hydrogens (tertiary/aromatic N) is 2. The topological polar surface area (TPSA) is 98.0 Å². The molecule has 3 N–H and O–H groups in total. The van der Waals surface area contributed by atoms with Gasteiger partial charge in [-0.15, -0.1) is 10.2 Å². The largest absolute Gasteiger partial charge is 0.399 e. The van der Waals surface area contributed by atoms with Crippen LogP contribution in [0, 0.1) is 11.6 Å². The molecule has 10 heteroatoms. The van der Waals surface area contributed by atoms with E-state index in [1.165, 1.54) is 5.51 Å².